The van der Waals surface area contributed by atoms with Crippen LogP contribution < -0.4 is 0 Å². The molecule has 0 radical (unpaired) electrons. The summed E-state index contributed by atoms with van der Waals surface area (Å²) < 4.78 is 4.96. The summed E-state index contributed by atoms with van der Waals surface area (Å²) >= 11 is 0. The quantitative estimate of drug-likeness (QED) is 0.330. The van der Waals surface area contributed by atoms with Crippen molar-refractivity contribution < 1.29 is 12.4 Å². The van der Waals surface area contributed by atoms with Crippen molar-refractivity contribution in [1.82, 2.24) is 0 Å². The second-order valence-electron chi connectivity index (χ2n) is 2.30. The average Bonchev–Trinajstić information content (AvgIpc) is 1.97. The van der Waals surface area contributed by atoms with Gasteiger partial charge in [-0.2, -0.15) is 0 Å². The van der Waals surface area contributed by atoms with Crippen LogP contribution in [0.15, 0.2) is 0 Å². The molecule has 0 aromatic carbocycles. The van der Waals surface area contributed by atoms with Gasteiger partial charge in [-0.1, -0.05) is 26.2 Å². The number of carbonyl (C=O) groups excluding carboxylic acids is 1. The summed E-state index contributed by atoms with van der Waals surface area (Å²) in [5, 5.41) is 0. The molecule has 0 amide bonds. The third kappa shape index (κ3) is 13.4. The van der Waals surface area contributed by atoms with Crippen LogP contribution in [-0.2, 0) is 9.53 Å². The summed E-state index contributed by atoms with van der Waals surface area (Å²) in [6.07, 6.45) is 5.61. The Balaban J connectivity index is -0.000000135. The first kappa shape index (κ1) is 14.0. The van der Waals surface area contributed by atoms with Crippen LogP contribution in [0.2, 0.25) is 0 Å². The Morgan fingerprint density at radius 3 is 2.64 bits per heavy atom. The molecule has 0 aliphatic heterocycles. The molecule has 0 aromatic heterocycles. The minimum Gasteiger partial charge on any atom is -1.00 e. The van der Waals surface area contributed by atoms with E-state index < -0.39 is 0 Å². The van der Waals surface area contributed by atoms with Gasteiger partial charge in [-0.25, -0.2) is 0 Å². The fourth-order valence-corrected chi connectivity index (χ4v) is 0.762. The van der Waals surface area contributed by atoms with Gasteiger partial charge in [-0.3, -0.25) is 0 Å². The fraction of sp³-hybridized carbons (Fsp3) is 0.875. The van der Waals surface area contributed by atoms with Crippen molar-refractivity contribution in [2.24, 2.45) is 0 Å². The molecule has 0 saturated heterocycles. The van der Waals surface area contributed by atoms with Crippen molar-refractivity contribution in [2.75, 3.05) is 13.2 Å². The van der Waals surface area contributed by atoms with E-state index in [4.69, 9.17) is 4.74 Å². The first-order valence-electron chi connectivity index (χ1n) is 3.93. The average molecular weight is 171 g/mol. The maximum absolute atomic E-state index is 9.77. The van der Waals surface area contributed by atoms with Crippen LogP contribution in [0, 0.1) is 0 Å². The van der Waals surface area contributed by atoms with Crippen LogP contribution in [-0.4, -0.2) is 42.6 Å². The molecule has 0 bridgehead atoms. The Bertz CT molecular complexity index is 84.5. The third-order valence-electron chi connectivity index (χ3n) is 1.33. The van der Waals surface area contributed by atoms with E-state index in [0.717, 1.165) is 19.3 Å². The molecule has 0 fully saturated rings. The largest absolute Gasteiger partial charge is 2.00 e. The zero-order valence-corrected chi connectivity index (χ0v) is 8.76. The Kier molecular flexibility index (Phi) is 16.5. The number of hydrogen-bond donors (Lipinski definition) is 0. The van der Waals surface area contributed by atoms with Crippen molar-refractivity contribution in [2.45, 2.75) is 32.6 Å². The number of ether oxygens (including phenoxy) is 1. The van der Waals surface area contributed by atoms with Gasteiger partial charge in [-0.15, -0.1) is 0 Å². The Labute approximate surface area is 87.8 Å². The van der Waals surface area contributed by atoms with Gasteiger partial charge >= 0.3 is 23.1 Å². The van der Waals surface area contributed by atoms with Crippen LogP contribution in [0.4, 0.5) is 0 Å². The number of unbranched alkanes of at least 4 members (excludes halogenated alkanes) is 3. The Morgan fingerprint density at radius 2 is 2.09 bits per heavy atom. The maximum Gasteiger partial charge on any atom is 2.00 e. The summed E-state index contributed by atoms with van der Waals surface area (Å²) in [5.41, 5.74) is 0. The van der Waals surface area contributed by atoms with Crippen molar-refractivity contribution in [3.8, 4) is 0 Å². The molecule has 0 aliphatic rings. The topological polar surface area (TPSA) is 26.3 Å². The van der Waals surface area contributed by atoms with Crippen LogP contribution >= 0.6 is 0 Å². The molecule has 0 aliphatic carbocycles. The van der Waals surface area contributed by atoms with Crippen molar-refractivity contribution in [3.05, 3.63) is 0 Å². The second kappa shape index (κ2) is 13.0. The van der Waals surface area contributed by atoms with E-state index in [2.05, 4.69) is 6.92 Å². The summed E-state index contributed by atoms with van der Waals surface area (Å²) in [5.74, 6) is 0. The van der Waals surface area contributed by atoms with E-state index in [1.807, 2.05) is 0 Å². The molecule has 64 valence electrons. The molecular weight excluding hydrogens is 152 g/mol. The maximum atomic E-state index is 9.77. The van der Waals surface area contributed by atoms with Gasteiger partial charge in [-0.05, 0) is 6.42 Å². The summed E-state index contributed by atoms with van der Waals surface area (Å²) in [6, 6.07) is 0. The van der Waals surface area contributed by atoms with Gasteiger partial charge < -0.3 is 12.4 Å². The summed E-state index contributed by atoms with van der Waals surface area (Å²) in [6.45, 7) is 3.16. The molecule has 0 unspecified atom stereocenters. The molecule has 0 atom stereocenters. The molecular formula is C8H18MgO2. The number of rotatable bonds is 7. The fourth-order valence-electron chi connectivity index (χ4n) is 0.762. The van der Waals surface area contributed by atoms with Gasteiger partial charge in [0.2, 0.25) is 0 Å². The van der Waals surface area contributed by atoms with Gasteiger partial charge in [0.05, 0.1) is 0 Å². The van der Waals surface area contributed by atoms with E-state index in [0.29, 0.717) is 0 Å². The van der Waals surface area contributed by atoms with E-state index in [9.17, 15) is 4.79 Å². The summed E-state index contributed by atoms with van der Waals surface area (Å²) in [7, 11) is 0. The Morgan fingerprint density at radius 1 is 1.36 bits per heavy atom. The molecule has 11 heavy (non-hydrogen) atoms. The van der Waals surface area contributed by atoms with E-state index in [-0.39, 0.29) is 32.5 Å². The number of carbonyl (C=O) groups is 1. The predicted octanol–water partition coefficient (Wildman–Crippen LogP) is 1.63. The van der Waals surface area contributed by atoms with Crippen LogP contribution in [0.3, 0.4) is 0 Å². The molecule has 0 rings (SSSR count). The molecule has 0 aromatic rings. The number of hydrogen-bond acceptors (Lipinski definition) is 2. The molecule has 3 heteroatoms. The van der Waals surface area contributed by atoms with Crippen LogP contribution in [0.25, 0.3) is 0 Å². The van der Waals surface area contributed by atoms with Crippen molar-refractivity contribution in [1.29, 1.82) is 0 Å². The van der Waals surface area contributed by atoms with Gasteiger partial charge in [0, 0.05) is 6.61 Å². The molecule has 2 nitrogen and oxygen atoms in total. The molecule has 0 spiro atoms. The minimum absolute atomic E-state index is 0. The smallest absolute Gasteiger partial charge is 1.00 e. The first-order valence-corrected chi connectivity index (χ1v) is 3.93. The van der Waals surface area contributed by atoms with Gasteiger partial charge in [0.15, 0.2) is 0 Å². The van der Waals surface area contributed by atoms with Crippen molar-refractivity contribution in [3.63, 3.8) is 0 Å². The predicted molar refractivity (Wildman–Crippen MR) is 49.0 cm³/mol. The third-order valence-corrected chi connectivity index (χ3v) is 1.33. The molecule has 0 saturated carbocycles. The summed E-state index contributed by atoms with van der Waals surface area (Å²) in [4.78, 5) is 9.77. The van der Waals surface area contributed by atoms with E-state index in [1.165, 1.54) is 19.3 Å². The normalized spacial score (nSPS) is 8.82. The zero-order chi connectivity index (χ0) is 7.66. The Hall–Kier alpha value is 0.396. The minimum atomic E-state index is 0. The van der Waals surface area contributed by atoms with Crippen LogP contribution in [0.5, 0.6) is 0 Å². The van der Waals surface area contributed by atoms with E-state index in [1.54, 1.807) is 0 Å². The standard InChI is InChI=1S/C8H16O2.Mg.2H/c1-2-3-4-5-7-10-8-6-9;;;/h6H,2-5,7-8H2,1H3;;;/q;+2;2*-1. The SMILES string of the molecule is CCCCCCOCC=O.[H-].[H-].[Mg+2]. The van der Waals surface area contributed by atoms with Crippen molar-refractivity contribution >= 4 is 29.3 Å². The second-order valence-corrected chi connectivity index (χ2v) is 2.30. The molecule has 0 N–H and O–H groups in total. The van der Waals surface area contributed by atoms with Crippen LogP contribution in [0.1, 0.15) is 35.5 Å². The molecule has 0 heterocycles. The van der Waals surface area contributed by atoms with E-state index >= 15 is 0 Å². The monoisotopic (exact) mass is 170 g/mol. The van der Waals surface area contributed by atoms with Gasteiger partial charge in [0.25, 0.3) is 0 Å². The zero-order valence-electron chi connectivity index (χ0n) is 9.34. The number of aldehydes is 1. The van der Waals surface area contributed by atoms with Gasteiger partial charge in [0.1, 0.15) is 12.9 Å². The first-order chi connectivity index (χ1) is 4.91.